The van der Waals surface area contributed by atoms with Crippen molar-refractivity contribution in [3.63, 3.8) is 0 Å². The van der Waals surface area contributed by atoms with Gasteiger partial charge in [0.15, 0.2) is 0 Å². The van der Waals surface area contributed by atoms with Crippen LogP contribution >= 0.6 is 0 Å². The summed E-state index contributed by atoms with van der Waals surface area (Å²) >= 11 is 0. The highest BCUT2D eigenvalue weighted by Crippen LogP contribution is 2.21. The van der Waals surface area contributed by atoms with E-state index in [2.05, 4.69) is 17.0 Å². The Balaban J connectivity index is 1.97. The van der Waals surface area contributed by atoms with E-state index in [0.717, 1.165) is 32.2 Å². The molecule has 0 saturated carbocycles. The monoisotopic (exact) mass is 251 g/mol. The normalized spacial score (nSPS) is 20.1. The van der Waals surface area contributed by atoms with Gasteiger partial charge in [-0.15, -0.1) is 5.10 Å². The molecular formula is C12H21N5O. The van der Waals surface area contributed by atoms with Crippen molar-refractivity contribution in [3.8, 4) is 0 Å². The summed E-state index contributed by atoms with van der Waals surface area (Å²) in [5.41, 5.74) is 5.44. The first-order chi connectivity index (χ1) is 8.70. The highest BCUT2D eigenvalue weighted by molar-refractivity contribution is 5.76. The summed E-state index contributed by atoms with van der Waals surface area (Å²) in [4.78, 5) is 18.1. The van der Waals surface area contributed by atoms with Crippen LogP contribution in [-0.4, -0.2) is 38.2 Å². The molecule has 1 aliphatic rings. The third-order valence-corrected chi connectivity index (χ3v) is 3.42. The Kier molecular flexibility index (Phi) is 4.17. The molecule has 1 aliphatic heterocycles. The lowest BCUT2D eigenvalue weighted by Crippen LogP contribution is -2.45. The summed E-state index contributed by atoms with van der Waals surface area (Å²) < 4.78 is 1.51. The fraction of sp³-hybridized carbons (Fsp3) is 0.750. The van der Waals surface area contributed by atoms with Crippen LogP contribution in [0.25, 0.3) is 0 Å². The second kappa shape index (κ2) is 5.84. The van der Waals surface area contributed by atoms with Gasteiger partial charge >= 0.3 is 0 Å². The molecule has 0 aromatic carbocycles. The van der Waals surface area contributed by atoms with Gasteiger partial charge in [0.1, 0.15) is 12.9 Å². The third-order valence-electron chi connectivity index (χ3n) is 3.42. The molecule has 0 spiro atoms. The minimum Gasteiger partial charge on any atom is -0.367 e. The number of nitrogens with two attached hydrogens (primary N) is 1. The molecule has 2 rings (SSSR count). The Morgan fingerprint density at radius 1 is 1.56 bits per heavy atom. The Morgan fingerprint density at radius 3 is 3.06 bits per heavy atom. The highest BCUT2D eigenvalue weighted by Gasteiger charge is 2.26. The summed E-state index contributed by atoms with van der Waals surface area (Å²) in [6.07, 6.45) is 7.16. The summed E-state index contributed by atoms with van der Waals surface area (Å²) in [5.74, 6) is 0.338. The number of amides is 1. The number of likely N-dealkylation sites (tertiary alicyclic amines) is 1. The van der Waals surface area contributed by atoms with Crippen molar-refractivity contribution in [1.82, 2.24) is 19.7 Å². The molecule has 1 fully saturated rings. The van der Waals surface area contributed by atoms with E-state index in [-0.39, 0.29) is 18.4 Å². The molecule has 1 atom stereocenters. The predicted octanol–water partition coefficient (Wildman–Crippen LogP) is 1.04. The van der Waals surface area contributed by atoms with Crippen molar-refractivity contribution in [3.05, 3.63) is 6.33 Å². The summed E-state index contributed by atoms with van der Waals surface area (Å²) in [7, 11) is 0. The van der Waals surface area contributed by atoms with Gasteiger partial charge in [-0.1, -0.05) is 13.3 Å². The smallest absolute Gasteiger partial charge is 0.244 e. The second-order valence-electron chi connectivity index (χ2n) is 4.83. The fourth-order valence-electron chi connectivity index (χ4n) is 2.58. The molecule has 100 valence electrons. The molecule has 1 saturated heterocycles. The van der Waals surface area contributed by atoms with Crippen LogP contribution in [0.5, 0.6) is 0 Å². The van der Waals surface area contributed by atoms with Crippen LogP contribution in [-0.2, 0) is 11.3 Å². The van der Waals surface area contributed by atoms with E-state index in [1.807, 2.05) is 4.90 Å². The fourth-order valence-corrected chi connectivity index (χ4v) is 2.58. The maximum Gasteiger partial charge on any atom is 0.244 e. The van der Waals surface area contributed by atoms with E-state index in [9.17, 15) is 4.79 Å². The number of nitrogen functional groups attached to an aromatic ring is 1. The molecule has 18 heavy (non-hydrogen) atoms. The maximum absolute atomic E-state index is 12.3. The van der Waals surface area contributed by atoms with Crippen LogP contribution in [0.4, 0.5) is 5.95 Å². The van der Waals surface area contributed by atoms with Gasteiger partial charge in [0.25, 0.3) is 0 Å². The Bertz CT molecular complexity index is 401. The van der Waals surface area contributed by atoms with Gasteiger partial charge in [-0.05, 0) is 25.7 Å². The number of hydrogen-bond acceptors (Lipinski definition) is 4. The van der Waals surface area contributed by atoms with Gasteiger partial charge in [0.05, 0.1) is 0 Å². The molecule has 1 amide bonds. The van der Waals surface area contributed by atoms with E-state index >= 15 is 0 Å². The van der Waals surface area contributed by atoms with Gasteiger partial charge in [-0.2, -0.15) is 0 Å². The van der Waals surface area contributed by atoms with Crippen molar-refractivity contribution in [2.75, 3.05) is 12.3 Å². The standard InChI is InChI=1S/C12H21N5O/c1-2-5-10-6-3-4-7-17(10)11(18)8-16-9-14-12(13)15-16/h9-10H,2-8H2,1H3,(H2,13,15). The first-order valence-corrected chi connectivity index (χ1v) is 6.65. The quantitative estimate of drug-likeness (QED) is 0.867. The average Bonchev–Trinajstić information content (AvgIpc) is 2.76. The molecule has 1 aromatic rings. The van der Waals surface area contributed by atoms with Crippen LogP contribution in [0.3, 0.4) is 0 Å². The number of carbonyl (C=O) groups is 1. The zero-order valence-electron chi connectivity index (χ0n) is 10.9. The lowest BCUT2D eigenvalue weighted by molar-refractivity contribution is -0.135. The average molecular weight is 251 g/mol. The molecule has 0 radical (unpaired) electrons. The molecule has 6 nitrogen and oxygen atoms in total. The molecule has 6 heteroatoms. The number of anilines is 1. The molecule has 2 heterocycles. The van der Waals surface area contributed by atoms with E-state index in [1.54, 1.807) is 0 Å². The first kappa shape index (κ1) is 12.9. The van der Waals surface area contributed by atoms with E-state index in [1.165, 1.54) is 17.4 Å². The number of hydrogen-bond donors (Lipinski definition) is 1. The zero-order chi connectivity index (χ0) is 13.0. The van der Waals surface area contributed by atoms with Crippen LogP contribution < -0.4 is 5.73 Å². The maximum atomic E-state index is 12.3. The van der Waals surface area contributed by atoms with E-state index < -0.39 is 0 Å². The van der Waals surface area contributed by atoms with Crippen LogP contribution in [0.15, 0.2) is 6.33 Å². The van der Waals surface area contributed by atoms with Gasteiger partial charge < -0.3 is 10.6 Å². The van der Waals surface area contributed by atoms with Gasteiger partial charge in [0.2, 0.25) is 11.9 Å². The second-order valence-corrected chi connectivity index (χ2v) is 4.83. The molecule has 0 aliphatic carbocycles. The minimum atomic E-state index is 0.123. The molecule has 0 bridgehead atoms. The number of rotatable bonds is 4. The van der Waals surface area contributed by atoms with Crippen molar-refractivity contribution in [2.24, 2.45) is 0 Å². The predicted molar refractivity (Wildman–Crippen MR) is 68.7 cm³/mol. The number of aromatic nitrogens is 3. The topological polar surface area (TPSA) is 77.0 Å². The lowest BCUT2D eigenvalue weighted by atomic mass is 9.98. The van der Waals surface area contributed by atoms with E-state index in [4.69, 9.17) is 5.73 Å². The van der Waals surface area contributed by atoms with E-state index in [0.29, 0.717) is 6.04 Å². The van der Waals surface area contributed by atoms with Crippen molar-refractivity contribution in [1.29, 1.82) is 0 Å². The summed E-state index contributed by atoms with van der Waals surface area (Å²) in [6, 6.07) is 0.400. The van der Waals surface area contributed by atoms with Crippen LogP contribution in [0.1, 0.15) is 39.0 Å². The van der Waals surface area contributed by atoms with Crippen molar-refractivity contribution < 1.29 is 4.79 Å². The summed E-state index contributed by atoms with van der Waals surface area (Å²) in [6.45, 7) is 3.27. The number of piperidine rings is 1. The Labute approximate surface area is 107 Å². The molecule has 1 aromatic heterocycles. The molecular weight excluding hydrogens is 230 g/mol. The number of carbonyl (C=O) groups excluding carboxylic acids is 1. The molecule has 1 unspecified atom stereocenters. The molecule has 2 N–H and O–H groups in total. The van der Waals surface area contributed by atoms with Crippen molar-refractivity contribution in [2.45, 2.75) is 51.6 Å². The lowest BCUT2D eigenvalue weighted by Gasteiger charge is -2.35. The van der Waals surface area contributed by atoms with Crippen LogP contribution in [0, 0.1) is 0 Å². The largest absolute Gasteiger partial charge is 0.367 e. The SMILES string of the molecule is CCCC1CCCCN1C(=O)Cn1cnc(N)n1. The first-order valence-electron chi connectivity index (χ1n) is 6.65. The zero-order valence-corrected chi connectivity index (χ0v) is 10.9. The van der Waals surface area contributed by atoms with Gasteiger partial charge in [-0.25, -0.2) is 9.67 Å². The van der Waals surface area contributed by atoms with Crippen LogP contribution in [0.2, 0.25) is 0 Å². The third kappa shape index (κ3) is 3.00. The summed E-state index contributed by atoms with van der Waals surface area (Å²) in [5, 5.41) is 3.95. The Hall–Kier alpha value is -1.59. The number of nitrogens with zero attached hydrogens (tertiary/aromatic N) is 4. The highest BCUT2D eigenvalue weighted by atomic mass is 16.2. The Morgan fingerprint density at radius 2 is 2.39 bits per heavy atom. The van der Waals surface area contributed by atoms with Gasteiger partial charge in [0, 0.05) is 12.6 Å². The van der Waals surface area contributed by atoms with Gasteiger partial charge in [-0.3, -0.25) is 4.79 Å². The minimum absolute atomic E-state index is 0.123. The van der Waals surface area contributed by atoms with Crippen molar-refractivity contribution >= 4 is 11.9 Å².